The Labute approximate surface area is 109 Å². The van der Waals surface area contributed by atoms with Gasteiger partial charge in [0.1, 0.15) is 5.75 Å². The normalized spacial score (nSPS) is 10.5. The molecule has 0 saturated carbocycles. The summed E-state index contributed by atoms with van der Waals surface area (Å²) in [5.41, 5.74) is 2.11. The molecule has 1 aromatic carbocycles. The molecule has 100 valence electrons. The summed E-state index contributed by atoms with van der Waals surface area (Å²) in [6.45, 7) is 9.09. The molecule has 0 aliphatic carbocycles. The number of hydrogen-bond acceptors (Lipinski definition) is 3. The van der Waals surface area contributed by atoms with Crippen molar-refractivity contribution in [1.29, 1.82) is 0 Å². The molecule has 3 heteroatoms. The molecule has 0 amide bonds. The van der Waals surface area contributed by atoms with Gasteiger partial charge in [0, 0.05) is 0 Å². The van der Waals surface area contributed by atoms with E-state index >= 15 is 0 Å². The summed E-state index contributed by atoms with van der Waals surface area (Å²) in [7, 11) is 0. The van der Waals surface area contributed by atoms with E-state index in [0.717, 1.165) is 16.9 Å². The van der Waals surface area contributed by atoms with Gasteiger partial charge >= 0.3 is 5.97 Å². The number of benzene rings is 1. The van der Waals surface area contributed by atoms with Crippen LogP contribution in [0.2, 0.25) is 0 Å². The molecular weight excluding hydrogens is 228 g/mol. The number of ether oxygens (including phenoxy) is 2. The zero-order chi connectivity index (χ0) is 13.5. The van der Waals surface area contributed by atoms with Crippen LogP contribution in [0.5, 0.6) is 5.75 Å². The van der Waals surface area contributed by atoms with E-state index in [1.807, 2.05) is 32.0 Å². The van der Waals surface area contributed by atoms with Crippen LogP contribution in [0.15, 0.2) is 18.2 Å². The fourth-order valence-corrected chi connectivity index (χ4v) is 1.82. The van der Waals surface area contributed by atoms with Crippen LogP contribution in [-0.2, 0) is 16.0 Å². The lowest BCUT2D eigenvalue weighted by atomic mass is 9.98. The van der Waals surface area contributed by atoms with Gasteiger partial charge in [-0.05, 0) is 37.0 Å². The summed E-state index contributed by atoms with van der Waals surface area (Å²) in [6.07, 6.45) is 0.319. The summed E-state index contributed by atoms with van der Waals surface area (Å²) in [5.74, 6) is 1.09. The van der Waals surface area contributed by atoms with E-state index in [1.54, 1.807) is 0 Å². The van der Waals surface area contributed by atoms with Gasteiger partial charge in [-0.2, -0.15) is 0 Å². The lowest BCUT2D eigenvalue weighted by molar-refractivity contribution is -0.142. The fourth-order valence-electron chi connectivity index (χ4n) is 1.82. The Morgan fingerprint density at radius 3 is 2.50 bits per heavy atom. The van der Waals surface area contributed by atoms with Gasteiger partial charge in [-0.25, -0.2) is 0 Å². The van der Waals surface area contributed by atoms with Gasteiger partial charge in [-0.1, -0.05) is 26.0 Å². The molecule has 0 aliphatic rings. The first kappa shape index (κ1) is 14.6. The van der Waals surface area contributed by atoms with Crippen molar-refractivity contribution in [2.45, 2.75) is 40.0 Å². The topological polar surface area (TPSA) is 35.5 Å². The average molecular weight is 250 g/mol. The highest BCUT2D eigenvalue weighted by atomic mass is 16.5. The number of carbonyl (C=O) groups excluding carboxylic acids is 1. The SMILES string of the molecule is CCOC(=O)Cc1ccc(OCC)c(C(C)C)c1. The van der Waals surface area contributed by atoms with Crippen molar-refractivity contribution in [1.82, 2.24) is 0 Å². The van der Waals surface area contributed by atoms with E-state index in [2.05, 4.69) is 13.8 Å². The molecule has 0 aromatic heterocycles. The number of esters is 1. The van der Waals surface area contributed by atoms with Gasteiger partial charge in [-0.15, -0.1) is 0 Å². The molecule has 1 rings (SSSR count). The van der Waals surface area contributed by atoms with Crippen molar-refractivity contribution in [3.63, 3.8) is 0 Å². The lowest BCUT2D eigenvalue weighted by Crippen LogP contribution is -2.08. The standard InChI is InChI=1S/C15H22O3/c1-5-17-14-8-7-12(9-13(14)11(3)4)10-15(16)18-6-2/h7-9,11H,5-6,10H2,1-4H3. The molecule has 0 bridgehead atoms. The Balaban J connectivity index is 2.89. The minimum absolute atomic E-state index is 0.184. The fraction of sp³-hybridized carbons (Fsp3) is 0.533. The van der Waals surface area contributed by atoms with Crippen LogP contribution in [0.25, 0.3) is 0 Å². The minimum Gasteiger partial charge on any atom is -0.494 e. The maximum atomic E-state index is 11.5. The summed E-state index contributed by atoms with van der Waals surface area (Å²) < 4.78 is 10.5. The van der Waals surface area contributed by atoms with Crippen molar-refractivity contribution in [3.05, 3.63) is 29.3 Å². The third-order valence-electron chi connectivity index (χ3n) is 2.65. The average Bonchev–Trinajstić information content (AvgIpc) is 2.31. The second kappa shape index (κ2) is 7.04. The van der Waals surface area contributed by atoms with E-state index in [4.69, 9.17) is 9.47 Å². The highest BCUT2D eigenvalue weighted by Gasteiger charge is 2.11. The molecule has 0 saturated heterocycles. The van der Waals surface area contributed by atoms with Crippen LogP contribution in [0.3, 0.4) is 0 Å². The third kappa shape index (κ3) is 4.06. The van der Waals surface area contributed by atoms with Gasteiger partial charge in [0.2, 0.25) is 0 Å². The van der Waals surface area contributed by atoms with Crippen molar-refractivity contribution >= 4 is 5.97 Å². The first-order valence-electron chi connectivity index (χ1n) is 6.49. The van der Waals surface area contributed by atoms with Crippen molar-refractivity contribution in [2.75, 3.05) is 13.2 Å². The Kier molecular flexibility index (Phi) is 5.69. The largest absolute Gasteiger partial charge is 0.494 e. The van der Waals surface area contributed by atoms with Gasteiger partial charge in [-0.3, -0.25) is 4.79 Å². The number of rotatable bonds is 6. The molecule has 0 fully saturated rings. The predicted octanol–water partition coefficient (Wildman–Crippen LogP) is 3.31. The summed E-state index contributed by atoms with van der Waals surface area (Å²) in [6, 6.07) is 5.90. The molecule has 1 aromatic rings. The summed E-state index contributed by atoms with van der Waals surface area (Å²) >= 11 is 0. The maximum absolute atomic E-state index is 11.5. The molecule has 0 unspecified atom stereocenters. The molecule has 0 spiro atoms. The third-order valence-corrected chi connectivity index (χ3v) is 2.65. The van der Waals surface area contributed by atoms with Crippen LogP contribution in [0, 0.1) is 0 Å². The van der Waals surface area contributed by atoms with Crippen LogP contribution in [0.4, 0.5) is 0 Å². The second-order valence-electron chi connectivity index (χ2n) is 4.44. The van der Waals surface area contributed by atoms with Gasteiger partial charge in [0.05, 0.1) is 19.6 Å². The highest BCUT2D eigenvalue weighted by molar-refractivity contribution is 5.72. The Morgan fingerprint density at radius 2 is 1.94 bits per heavy atom. The number of hydrogen-bond donors (Lipinski definition) is 0. The van der Waals surface area contributed by atoms with Gasteiger partial charge < -0.3 is 9.47 Å². The van der Waals surface area contributed by atoms with E-state index in [-0.39, 0.29) is 5.97 Å². The van der Waals surface area contributed by atoms with Crippen molar-refractivity contribution < 1.29 is 14.3 Å². The number of carbonyl (C=O) groups is 1. The van der Waals surface area contributed by atoms with Crippen molar-refractivity contribution in [3.8, 4) is 5.75 Å². The summed E-state index contributed by atoms with van der Waals surface area (Å²) in [4.78, 5) is 11.5. The second-order valence-corrected chi connectivity index (χ2v) is 4.44. The Bertz CT molecular complexity index is 397. The molecule has 0 N–H and O–H groups in total. The monoisotopic (exact) mass is 250 g/mol. The maximum Gasteiger partial charge on any atom is 0.310 e. The first-order valence-corrected chi connectivity index (χ1v) is 6.49. The molecule has 0 radical (unpaired) electrons. The van der Waals surface area contributed by atoms with E-state index in [1.165, 1.54) is 0 Å². The molecule has 0 atom stereocenters. The smallest absolute Gasteiger partial charge is 0.310 e. The zero-order valence-corrected chi connectivity index (χ0v) is 11.7. The molecule has 0 aliphatic heterocycles. The molecule has 0 heterocycles. The van der Waals surface area contributed by atoms with Crippen LogP contribution >= 0.6 is 0 Å². The first-order chi connectivity index (χ1) is 8.58. The van der Waals surface area contributed by atoms with Crippen molar-refractivity contribution in [2.24, 2.45) is 0 Å². The predicted molar refractivity (Wildman–Crippen MR) is 72.0 cm³/mol. The van der Waals surface area contributed by atoms with E-state index < -0.39 is 0 Å². The quantitative estimate of drug-likeness (QED) is 0.727. The molecule has 3 nitrogen and oxygen atoms in total. The minimum atomic E-state index is -0.184. The molecular formula is C15H22O3. The van der Waals surface area contributed by atoms with E-state index in [9.17, 15) is 4.79 Å². The lowest BCUT2D eigenvalue weighted by Gasteiger charge is -2.14. The van der Waals surface area contributed by atoms with Crippen LogP contribution < -0.4 is 4.74 Å². The zero-order valence-electron chi connectivity index (χ0n) is 11.7. The van der Waals surface area contributed by atoms with Crippen LogP contribution in [-0.4, -0.2) is 19.2 Å². The Hall–Kier alpha value is -1.51. The molecule has 18 heavy (non-hydrogen) atoms. The Morgan fingerprint density at radius 1 is 1.22 bits per heavy atom. The van der Waals surface area contributed by atoms with Gasteiger partial charge in [0.25, 0.3) is 0 Å². The summed E-state index contributed by atoms with van der Waals surface area (Å²) in [5, 5.41) is 0. The highest BCUT2D eigenvalue weighted by Crippen LogP contribution is 2.27. The van der Waals surface area contributed by atoms with Gasteiger partial charge in [0.15, 0.2) is 0 Å². The van der Waals surface area contributed by atoms with Crippen LogP contribution in [0.1, 0.15) is 44.7 Å². The van der Waals surface area contributed by atoms with E-state index in [0.29, 0.717) is 25.6 Å².